The maximum Gasteiger partial charge on any atom is 0.0484 e. The lowest BCUT2D eigenvalue weighted by molar-refractivity contribution is 0.420. The molecular weight excluding hydrogens is 174 g/mol. The lowest BCUT2D eigenvalue weighted by atomic mass is 9.96. The third kappa shape index (κ3) is 2.53. The Morgan fingerprint density at radius 2 is 1.71 bits per heavy atom. The topological polar surface area (TPSA) is 50.9 Å². The third-order valence-electron chi connectivity index (χ3n) is 2.31. The van der Waals surface area contributed by atoms with E-state index < -0.39 is 0 Å². The van der Waals surface area contributed by atoms with Gasteiger partial charge in [0.2, 0.25) is 0 Å². The zero-order valence-electron chi connectivity index (χ0n) is 9.33. The molecule has 3 heteroatoms. The van der Waals surface area contributed by atoms with Gasteiger partial charge in [-0.15, -0.1) is 0 Å². The van der Waals surface area contributed by atoms with Crippen LogP contribution in [0.4, 0.5) is 0 Å². The molecule has 0 aliphatic rings. The molecule has 0 aliphatic heterocycles. The van der Waals surface area contributed by atoms with Crippen molar-refractivity contribution in [1.29, 1.82) is 0 Å². The minimum atomic E-state index is 0.204. The summed E-state index contributed by atoms with van der Waals surface area (Å²) in [5.41, 5.74) is 6.14. The Morgan fingerprint density at radius 1 is 1.21 bits per heavy atom. The van der Waals surface area contributed by atoms with Crippen LogP contribution >= 0.6 is 0 Å². The van der Waals surface area contributed by atoms with Crippen molar-refractivity contribution in [3.8, 4) is 0 Å². The molecule has 3 nitrogen and oxygen atoms in total. The van der Waals surface area contributed by atoms with Crippen LogP contribution in [0.25, 0.3) is 0 Å². The third-order valence-corrected chi connectivity index (χ3v) is 2.31. The van der Waals surface area contributed by atoms with Crippen LogP contribution in [-0.2, 0) is 0 Å². The highest BCUT2D eigenvalue weighted by Crippen LogP contribution is 2.21. The SMILES string of the molecule is Cc1cc(C(NN)C(C)C)cc(C)n1. The maximum absolute atomic E-state index is 5.54. The predicted octanol–water partition coefficient (Wildman–Crippen LogP) is 1.86. The minimum absolute atomic E-state index is 0.204. The quantitative estimate of drug-likeness (QED) is 0.569. The summed E-state index contributed by atoms with van der Waals surface area (Å²) in [7, 11) is 0. The van der Waals surface area contributed by atoms with Crippen LogP contribution in [0.3, 0.4) is 0 Å². The second-order valence-corrected chi connectivity index (χ2v) is 4.07. The number of hydrogen-bond donors (Lipinski definition) is 2. The fraction of sp³-hybridized carbons (Fsp3) is 0.545. The van der Waals surface area contributed by atoms with E-state index in [2.05, 4.69) is 36.4 Å². The second kappa shape index (κ2) is 4.53. The van der Waals surface area contributed by atoms with Gasteiger partial charge in [-0.05, 0) is 37.5 Å². The average molecular weight is 193 g/mol. The van der Waals surface area contributed by atoms with E-state index in [4.69, 9.17) is 5.84 Å². The normalized spacial score (nSPS) is 13.3. The van der Waals surface area contributed by atoms with E-state index in [9.17, 15) is 0 Å². The minimum Gasteiger partial charge on any atom is -0.271 e. The molecule has 1 atom stereocenters. The first-order valence-electron chi connectivity index (χ1n) is 4.96. The van der Waals surface area contributed by atoms with Crippen LogP contribution in [0.15, 0.2) is 12.1 Å². The van der Waals surface area contributed by atoms with Crippen LogP contribution in [0.5, 0.6) is 0 Å². The van der Waals surface area contributed by atoms with Crippen molar-refractivity contribution in [3.05, 3.63) is 29.1 Å². The van der Waals surface area contributed by atoms with E-state index >= 15 is 0 Å². The Kier molecular flexibility index (Phi) is 3.61. The summed E-state index contributed by atoms with van der Waals surface area (Å²) in [6, 6.07) is 4.37. The van der Waals surface area contributed by atoms with Crippen molar-refractivity contribution in [2.24, 2.45) is 11.8 Å². The molecule has 0 saturated heterocycles. The summed E-state index contributed by atoms with van der Waals surface area (Å²) in [6.45, 7) is 8.31. The zero-order chi connectivity index (χ0) is 10.7. The molecule has 0 amide bonds. The molecule has 0 aromatic carbocycles. The van der Waals surface area contributed by atoms with Crippen molar-refractivity contribution < 1.29 is 0 Å². The van der Waals surface area contributed by atoms with E-state index in [1.54, 1.807) is 0 Å². The number of aromatic nitrogens is 1. The van der Waals surface area contributed by atoms with Gasteiger partial charge in [0.1, 0.15) is 0 Å². The van der Waals surface area contributed by atoms with E-state index in [0.29, 0.717) is 5.92 Å². The molecule has 0 bridgehead atoms. The lowest BCUT2D eigenvalue weighted by Crippen LogP contribution is -2.31. The fourth-order valence-corrected chi connectivity index (χ4v) is 1.72. The number of aryl methyl sites for hydroxylation is 2. The van der Waals surface area contributed by atoms with Gasteiger partial charge in [-0.3, -0.25) is 16.3 Å². The van der Waals surface area contributed by atoms with Crippen LogP contribution in [0.1, 0.15) is 36.8 Å². The predicted molar refractivity (Wildman–Crippen MR) is 58.6 cm³/mol. The number of nitrogens with two attached hydrogens (primary N) is 1. The highest BCUT2D eigenvalue weighted by atomic mass is 15.2. The number of nitrogens with one attached hydrogen (secondary N) is 1. The van der Waals surface area contributed by atoms with Crippen LogP contribution in [0.2, 0.25) is 0 Å². The van der Waals surface area contributed by atoms with Crippen molar-refractivity contribution >= 4 is 0 Å². The van der Waals surface area contributed by atoms with E-state index in [1.165, 1.54) is 5.56 Å². The highest BCUT2D eigenvalue weighted by Gasteiger charge is 2.14. The molecule has 14 heavy (non-hydrogen) atoms. The molecular formula is C11H19N3. The van der Waals surface area contributed by atoms with E-state index in [0.717, 1.165) is 11.4 Å². The lowest BCUT2D eigenvalue weighted by Gasteiger charge is -2.20. The highest BCUT2D eigenvalue weighted by molar-refractivity contribution is 5.23. The van der Waals surface area contributed by atoms with Gasteiger partial charge in [0.15, 0.2) is 0 Å². The molecule has 0 saturated carbocycles. The Labute approximate surface area is 85.7 Å². The molecule has 1 aromatic heterocycles. The first kappa shape index (κ1) is 11.1. The molecule has 78 valence electrons. The standard InChI is InChI=1S/C11H19N3/c1-7(2)11(14-12)10-5-8(3)13-9(4)6-10/h5-7,11,14H,12H2,1-4H3. The number of nitrogens with zero attached hydrogens (tertiary/aromatic N) is 1. The van der Waals surface area contributed by atoms with Crippen molar-refractivity contribution in [2.45, 2.75) is 33.7 Å². The number of rotatable bonds is 3. The number of hydrogen-bond acceptors (Lipinski definition) is 3. The van der Waals surface area contributed by atoms with E-state index in [1.807, 2.05) is 13.8 Å². The first-order chi connectivity index (χ1) is 6.54. The van der Waals surface area contributed by atoms with Crippen LogP contribution in [-0.4, -0.2) is 4.98 Å². The molecule has 3 N–H and O–H groups in total. The summed E-state index contributed by atoms with van der Waals surface area (Å²) in [4.78, 5) is 4.34. The van der Waals surface area contributed by atoms with Gasteiger partial charge in [-0.1, -0.05) is 13.8 Å². The van der Waals surface area contributed by atoms with Crippen molar-refractivity contribution in [1.82, 2.24) is 10.4 Å². The number of hydrazine groups is 1. The van der Waals surface area contributed by atoms with Gasteiger partial charge in [0, 0.05) is 17.4 Å². The fourth-order valence-electron chi connectivity index (χ4n) is 1.72. The van der Waals surface area contributed by atoms with Crippen LogP contribution in [0, 0.1) is 19.8 Å². The summed E-state index contributed by atoms with van der Waals surface area (Å²) < 4.78 is 0. The summed E-state index contributed by atoms with van der Waals surface area (Å²) in [5, 5.41) is 0. The summed E-state index contributed by atoms with van der Waals surface area (Å²) >= 11 is 0. The Morgan fingerprint density at radius 3 is 2.07 bits per heavy atom. The van der Waals surface area contributed by atoms with Crippen molar-refractivity contribution in [3.63, 3.8) is 0 Å². The molecule has 1 rings (SSSR count). The average Bonchev–Trinajstić information content (AvgIpc) is 2.02. The molecule has 0 radical (unpaired) electrons. The van der Waals surface area contributed by atoms with E-state index in [-0.39, 0.29) is 6.04 Å². The first-order valence-corrected chi connectivity index (χ1v) is 4.96. The maximum atomic E-state index is 5.54. The summed E-state index contributed by atoms with van der Waals surface area (Å²) in [5.74, 6) is 6.01. The molecule has 1 aromatic rings. The monoisotopic (exact) mass is 193 g/mol. The van der Waals surface area contributed by atoms with Gasteiger partial charge < -0.3 is 0 Å². The zero-order valence-corrected chi connectivity index (χ0v) is 9.33. The Balaban J connectivity index is 3.04. The van der Waals surface area contributed by atoms with Gasteiger partial charge in [0.05, 0.1) is 0 Å². The van der Waals surface area contributed by atoms with Gasteiger partial charge in [0.25, 0.3) is 0 Å². The molecule has 1 unspecified atom stereocenters. The Hall–Kier alpha value is -0.930. The number of pyridine rings is 1. The molecule has 0 aliphatic carbocycles. The van der Waals surface area contributed by atoms with Gasteiger partial charge in [-0.2, -0.15) is 0 Å². The smallest absolute Gasteiger partial charge is 0.0484 e. The Bertz CT molecular complexity index is 287. The molecule has 0 fully saturated rings. The summed E-state index contributed by atoms with van der Waals surface area (Å²) in [6.07, 6.45) is 0. The largest absolute Gasteiger partial charge is 0.271 e. The van der Waals surface area contributed by atoms with Crippen molar-refractivity contribution in [2.75, 3.05) is 0 Å². The molecule has 0 spiro atoms. The van der Waals surface area contributed by atoms with Gasteiger partial charge >= 0.3 is 0 Å². The van der Waals surface area contributed by atoms with Gasteiger partial charge in [-0.25, -0.2) is 0 Å². The molecule has 1 heterocycles. The second-order valence-electron chi connectivity index (χ2n) is 4.07. The van der Waals surface area contributed by atoms with Crippen LogP contribution < -0.4 is 11.3 Å².